The van der Waals surface area contributed by atoms with Gasteiger partial charge < -0.3 is 15.0 Å². The zero-order valence-electron chi connectivity index (χ0n) is 12.5. The van der Waals surface area contributed by atoms with Crippen LogP contribution in [0.3, 0.4) is 0 Å². The summed E-state index contributed by atoms with van der Waals surface area (Å²) in [4.78, 5) is 1.60. The highest BCUT2D eigenvalue weighted by Crippen LogP contribution is 2.07. The first kappa shape index (κ1) is 17.1. The maximum absolute atomic E-state index is 5.82. The van der Waals surface area contributed by atoms with E-state index in [1.54, 1.807) is 11.1 Å². The van der Waals surface area contributed by atoms with Crippen LogP contribution in [-0.2, 0) is 4.74 Å². The zero-order chi connectivity index (χ0) is 15.6. The van der Waals surface area contributed by atoms with Gasteiger partial charge in [-0.15, -0.1) is 0 Å². The molecule has 1 aliphatic heterocycles. The number of benzene rings is 1. The normalized spacial score (nSPS) is 15.9. The number of quaternary nitrogens is 1. The molecular weight excluding hydrogens is 320 g/mol. The zero-order valence-corrected chi connectivity index (χ0v) is 14.1. The fraction of sp³-hybridized carbons (Fsp3) is 0.467. The minimum absolute atomic E-state index is 0.544. The van der Waals surface area contributed by atoms with E-state index < -0.39 is 0 Å². The third kappa shape index (κ3) is 6.70. The quantitative estimate of drug-likeness (QED) is 0.304. The molecular formula is C15H22ClN4OS+. The summed E-state index contributed by atoms with van der Waals surface area (Å²) in [6.07, 6.45) is 2.79. The van der Waals surface area contributed by atoms with Crippen molar-refractivity contribution in [3.8, 4) is 0 Å². The summed E-state index contributed by atoms with van der Waals surface area (Å²) >= 11 is 11.0. The number of nitrogens with zero attached hydrogens (tertiary/aromatic N) is 1. The van der Waals surface area contributed by atoms with Crippen LogP contribution >= 0.6 is 23.8 Å². The lowest BCUT2D eigenvalue weighted by Crippen LogP contribution is -3.14. The van der Waals surface area contributed by atoms with E-state index >= 15 is 0 Å². The van der Waals surface area contributed by atoms with E-state index in [9.17, 15) is 0 Å². The van der Waals surface area contributed by atoms with E-state index in [1.807, 2.05) is 24.3 Å². The van der Waals surface area contributed by atoms with Crippen LogP contribution in [-0.4, -0.2) is 50.7 Å². The van der Waals surface area contributed by atoms with Crippen LogP contribution < -0.4 is 15.6 Å². The minimum atomic E-state index is 0.544. The number of rotatable bonds is 6. The van der Waals surface area contributed by atoms with E-state index in [-0.39, 0.29) is 0 Å². The third-order valence-corrected chi connectivity index (χ3v) is 3.93. The number of nitrogens with one attached hydrogen (secondary N) is 3. The Morgan fingerprint density at radius 1 is 1.32 bits per heavy atom. The molecule has 1 heterocycles. The molecule has 2 rings (SSSR count). The molecule has 1 saturated heterocycles. The standard InChI is InChI=1S/C15H21ClN4OS/c16-14-4-2-13(3-5-14)12-18-19-15(22)17-6-1-7-20-8-10-21-11-9-20/h2-5,12H,1,6-11H2,(H2,17,19,22)/p+1/b18-12-. The highest BCUT2D eigenvalue weighted by Gasteiger charge is 2.12. The van der Waals surface area contributed by atoms with Gasteiger partial charge in [0.1, 0.15) is 13.1 Å². The van der Waals surface area contributed by atoms with Gasteiger partial charge in [-0.1, -0.05) is 23.7 Å². The predicted octanol–water partition coefficient (Wildman–Crippen LogP) is 0.443. The summed E-state index contributed by atoms with van der Waals surface area (Å²) in [7, 11) is 0. The molecule has 1 aromatic carbocycles. The molecule has 0 aromatic heterocycles. The van der Waals surface area contributed by atoms with E-state index in [2.05, 4.69) is 15.8 Å². The topological polar surface area (TPSA) is 50.1 Å². The molecule has 0 radical (unpaired) electrons. The van der Waals surface area contributed by atoms with Crippen LogP contribution in [0.2, 0.25) is 5.02 Å². The highest BCUT2D eigenvalue weighted by atomic mass is 35.5. The molecule has 1 aromatic rings. The van der Waals surface area contributed by atoms with E-state index in [4.69, 9.17) is 28.6 Å². The lowest BCUT2D eigenvalue weighted by atomic mass is 10.2. The Balaban J connectivity index is 1.56. The fourth-order valence-electron chi connectivity index (χ4n) is 2.20. The molecule has 0 spiro atoms. The molecule has 7 heteroatoms. The summed E-state index contributed by atoms with van der Waals surface area (Å²) in [5.74, 6) is 0. The molecule has 0 unspecified atom stereocenters. The Bertz CT molecular complexity index is 489. The monoisotopic (exact) mass is 341 g/mol. The summed E-state index contributed by atoms with van der Waals surface area (Å²) < 4.78 is 5.34. The molecule has 5 nitrogen and oxygen atoms in total. The number of ether oxygens (including phenoxy) is 1. The first-order chi connectivity index (χ1) is 10.7. The smallest absolute Gasteiger partial charge is 0.186 e. The van der Waals surface area contributed by atoms with Gasteiger partial charge in [0, 0.05) is 18.0 Å². The lowest BCUT2D eigenvalue weighted by molar-refractivity contribution is -0.908. The Morgan fingerprint density at radius 2 is 2.05 bits per heavy atom. The molecule has 0 bridgehead atoms. The maximum atomic E-state index is 5.82. The minimum Gasteiger partial charge on any atom is -0.370 e. The molecule has 0 aliphatic carbocycles. The fourth-order valence-corrected chi connectivity index (χ4v) is 2.48. The van der Waals surface area contributed by atoms with Crippen molar-refractivity contribution in [3.63, 3.8) is 0 Å². The second-order valence-electron chi connectivity index (χ2n) is 5.14. The van der Waals surface area contributed by atoms with Gasteiger partial charge in [0.15, 0.2) is 5.11 Å². The first-order valence-corrected chi connectivity index (χ1v) is 8.26. The second kappa shape index (κ2) is 9.74. The molecule has 0 saturated carbocycles. The molecule has 1 fully saturated rings. The summed E-state index contributed by atoms with van der Waals surface area (Å²) in [5, 5.41) is 8.51. The van der Waals surface area contributed by atoms with E-state index in [0.29, 0.717) is 10.1 Å². The molecule has 0 amide bonds. The van der Waals surface area contributed by atoms with Gasteiger partial charge in [0.2, 0.25) is 0 Å². The van der Waals surface area contributed by atoms with Gasteiger partial charge in [-0.25, -0.2) is 0 Å². The number of hydrogen-bond acceptors (Lipinski definition) is 3. The maximum Gasteiger partial charge on any atom is 0.186 e. The average molecular weight is 342 g/mol. The van der Waals surface area contributed by atoms with Crippen molar-refractivity contribution < 1.29 is 9.64 Å². The Hall–Kier alpha value is -1.21. The number of hydrogen-bond donors (Lipinski definition) is 3. The van der Waals surface area contributed by atoms with Crippen LogP contribution in [0.15, 0.2) is 29.4 Å². The van der Waals surface area contributed by atoms with E-state index in [1.165, 1.54) is 0 Å². The lowest BCUT2D eigenvalue weighted by Gasteiger charge is -2.23. The predicted molar refractivity (Wildman–Crippen MR) is 93.8 cm³/mol. The number of morpholine rings is 1. The van der Waals surface area contributed by atoms with Gasteiger partial charge in [0.05, 0.1) is 26.0 Å². The van der Waals surface area contributed by atoms with Gasteiger partial charge in [0.25, 0.3) is 0 Å². The Kier molecular flexibility index (Phi) is 7.59. The van der Waals surface area contributed by atoms with Crippen LogP contribution in [0.25, 0.3) is 0 Å². The van der Waals surface area contributed by atoms with Crippen molar-refractivity contribution in [2.24, 2.45) is 5.10 Å². The molecule has 22 heavy (non-hydrogen) atoms. The average Bonchev–Trinajstić information content (AvgIpc) is 2.54. The second-order valence-corrected chi connectivity index (χ2v) is 5.99. The van der Waals surface area contributed by atoms with Crippen molar-refractivity contribution in [2.75, 3.05) is 39.4 Å². The van der Waals surface area contributed by atoms with Crippen LogP contribution in [0.5, 0.6) is 0 Å². The van der Waals surface area contributed by atoms with Crippen LogP contribution in [0.1, 0.15) is 12.0 Å². The van der Waals surface area contributed by atoms with Crippen molar-refractivity contribution >= 4 is 35.1 Å². The van der Waals surface area contributed by atoms with Crippen molar-refractivity contribution in [3.05, 3.63) is 34.9 Å². The largest absolute Gasteiger partial charge is 0.370 e. The Labute approximate surface area is 141 Å². The molecule has 0 atom stereocenters. The van der Waals surface area contributed by atoms with E-state index in [0.717, 1.165) is 51.4 Å². The molecule has 120 valence electrons. The van der Waals surface area contributed by atoms with Gasteiger partial charge in [-0.3, -0.25) is 5.43 Å². The van der Waals surface area contributed by atoms with Gasteiger partial charge in [-0.2, -0.15) is 5.10 Å². The van der Waals surface area contributed by atoms with Gasteiger partial charge >= 0.3 is 0 Å². The summed E-state index contributed by atoms with van der Waals surface area (Å²) in [5.41, 5.74) is 3.78. The van der Waals surface area contributed by atoms with Crippen molar-refractivity contribution in [2.45, 2.75) is 6.42 Å². The highest BCUT2D eigenvalue weighted by molar-refractivity contribution is 7.80. The molecule has 1 aliphatic rings. The molecule has 3 N–H and O–H groups in total. The van der Waals surface area contributed by atoms with Gasteiger partial charge in [-0.05, 0) is 29.9 Å². The Morgan fingerprint density at radius 3 is 2.77 bits per heavy atom. The number of hydrazone groups is 1. The third-order valence-electron chi connectivity index (χ3n) is 3.44. The van der Waals surface area contributed by atoms with Crippen molar-refractivity contribution in [1.29, 1.82) is 0 Å². The number of halogens is 1. The summed E-state index contributed by atoms with van der Waals surface area (Å²) in [6.45, 7) is 5.96. The number of thiocarbonyl (C=S) groups is 1. The van der Waals surface area contributed by atoms with Crippen LogP contribution in [0, 0.1) is 0 Å². The first-order valence-electron chi connectivity index (χ1n) is 7.48. The SMILES string of the molecule is S=C(NCCC[NH+]1CCOCC1)N/N=C\c1ccc(Cl)cc1. The van der Waals surface area contributed by atoms with Crippen molar-refractivity contribution in [1.82, 2.24) is 10.7 Å². The van der Waals surface area contributed by atoms with Crippen LogP contribution in [0.4, 0.5) is 0 Å². The summed E-state index contributed by atoms with van der Waals surface area (Å²) in [6, 6.07) is 7.45.